The Bertz CT molecular complexity index is 1650. The highest BCUT2D eigenvalue weighted by Gasteiger charge is 2.43. The van der Waals surface area contributed by atoms with E-state index in [1.54, 1.807) is 41.0 Å². The molecule has 0 saturated carbocycles. The summed E-state index contributed by atoms with van der Waals surface area (Å²) in [6, 6.07) is 10.3. The van der Waals surface area contributed by atoms with E-state index in [1.807, 2.05) is 0 Å². The minimum absolute atomic E-state index is 0.0409. The molecule has 10 atom stereocenters. The molecule has 1 aromatic heterocycles. The van der Waals surface area contributed by atoms with Crippen LogP contribution < -0.4 is 0 Å². The summed E-state index contributed by atoms with van der Waals surface area (Å²) in [6.45, 7) is -1.27. The first-order chi connectivity index (χ1) is 21.0. The molecule has 9 N–H and O–H groups in total. The number of ether oxygens (including phenoxy) is 2. The lowest BCUT2D eigenvalue weighted by Gasteiger charge is -2.38. The number of hydrogen-bond donors (Lipinski definition) is 9. The van der Waals surface area contributed by atoms with Crippen molar-refractivity contribution in [2.24, 2.45) is 0 Å². The maximum Gasteiger partial charge on any atom is 0.323 e. The molecule has 3 heterocycles. The van der Waals surface area contributed by atoms with Gasteiger partial charge in [0, 0.05) is 28.5 Å². The van der Waals surface area contributed by atoms with Crippen LogP contribution in [0, 0.1) is 23.7 Å². The SMILES string of the molecule is O=C(O)Cn1c2cc(C#C[C@H]3O[C@H](CO)[C@@H](O)[C@H](O)[C@@H]3O)ccc2c2ccc(C#C[C@H]3O[C@H](CCO)[C@@H](O)[C@H](O)[C@@H]3O)cc21. The lowest BCUT2D eigenvalue weighted by atomic mass is 9.93. The number of nitrogens with zero attached hydrogens (tertiary/aromatic N) is 1. The summed E-state index contributed by atoms with van der Waals surface area (Å²) in [4.78, 5) is 11.8. The Kier molecular flexibility index (Phi) is 9.55. The Morgan fingerprint density at radius 1 is 0.705 bits per heavy atom. The van der Waals surface area contributed by atoms with Crippen molar-refractivity contribution in [2.75, 3.05) is 13.2 Å². The van der Waals surface area contributed by atoms with Crippen molar-refractivity contribution in [3.63, 3.8) is 0 Å². The second-order valence-corrected chi connectivity index (χ2v) is 10.8. The van der Waals surface area contributed by atoms with Gasteiger partial charge < -0.3 is 60.0 Å². The van der Waals surface area contributed by atoms with E-state index in [-0.39, 0.29) is 13.0 Å². The monoisotopic (exact) mass is 611 g/mol. The van der Waals surface area contributed by atoms with Gasteiger partial charge in [0.25, 0.3) is 0 Å². The van der Waals surface area contributed by atoms with E-state index in [2.05, 4.69) is 23.7 Å². The lowest BCUT2D eigenvalue weighted by molar-refractivity contribution is -0.214. The van der Waals surface area contributed by atoms with Crippen molar-refractivity contribution in [1.29, 1.82) is 0 Å². The molecule has 2 aliphatic rings. The van der Waals surface area contributed by atoms with Crippen molar-refractivity contribution in [2.45, 2.75) is 74.0 Å². The Morgan fingerprint density at radius 2 is 1.18 bits per heavy atom. The molecule has 0 unspecified atom stereocenters. The second kappa shape index (κ2) is 13.2. The van der Waals surface area contributed by atoms with E-state index in [1.165, 1.54) is 0 Å². The third kappa shape index (κ3) is 6.17. The first kappa shape index (κ1) is 31.8. The molecule has 2 aliphatic heterocycles. The van der Waals surface area contributed by atoms with Gasteiger partial charge in [-0.05, 0) is 30.7 Å². The Balaban J connectivity index is 1.48. The van der Waals surface area contributed by atoms with Crippen LogP contribution in [0.2, 0.25) is 0 Å². The van der Waals surface area contributed by atoms with Crippen LogP contribution in [0.25, 0.3) is 21.8 Å². The number of aromatic nitrogens is 1. The molecule has 2 fully saturated rings. The fourth-order valence-corrected chi connectivity index (χ4v) is 5.52. The summed E-state index contributed by atoms with van der Waals surface area (Å²) < 4.78 is 12.6. The highest BCUT2D eigenvalue weighted by Crippen LogP contribution is 2.31. The van der Waals surface area contributed by atoms with Crippen molar-refractivity contribution >= 4 is 27.8 Å². The molecule has 0 aliphatic carbocycles. The number of benzene rings is 2. The normalized spacial score (nSPS) is 32.1. The van der Waals surface area contributed by atoms with E-state index >= 15 is 0 Å². The molecule has 13 nitrogen and oxygen atoms in total. The smallest absolute Gasteiger partial charge is 0.323 e. The molecule has 2 saturated heterocycles. The number of carboxylic acid groups (broad SMARTS) is 1. The highest BCUT2D eigenvalue weighted by molar-refractivity contribution is 6.09. The number of fused-ring (bicyclic) bond motifs is 3. The van der Waals surface area contributed by atoms with Crippen molar-refractivity contribution < 1.29 is 60.2 Å². The first-order valence-corrected chi connectivity index (χ1v) is 14.0. The van der Waals surface area contributed by atoms with Crippen molar-refractivity contribution in [3.05, 3.63) is 47.5 Å². The van der Waals surface area contributed by atoms with Gasteiger partial charge in [-0.1, -0.05) is 35.8 Å². The van der Waals surface area contributed by atoms with Crippen molar-refractivity contribution in [3.8, 4) is 23.7 Å². The van der Waals surface area contributed by atoms with Gasteiger partial charge in [-0.3, -0.25) is 4.79 Å². The molecule has 5 rings (SSSR count). The number of aliphatic hydroxyl groups is 8. The van der Waals surface area contributed by atoms with Gasteiger partial charge in [0.15, 0.2) is 0 Å². The summed E-state index contributed by atoms with van der Waals surface area (Å²) >= 11 is 0. The van der Waals surface area contributed by atoms with Crippen LogP contribution in [-0.4, -0.2) is 131 Å². The third-order valence-corrected chi connectivity index (χ3v) is 7.90. The van der Waals surface area contributed by atoms with Crippen LogP contribution in [0.15, 0.2) is 36.4 Å². The Morgan fingerprint density at radius 3 is 1.64 bits per heavy atom. The van der Waals surface area contributed by atoms with E-state index in [4.69, 9.17) is 9.47 Å². The Hall–Kier alpha value is -3.57. The molecule has 0 spiro atoms. The number of hydrogen-bond acceptors (Lipinski definition) is 11. The summed E-state index contributed by atoms with van der Waals surface area (Å²) in [5, 5.41) is 90.7. The second-order valence-electron chi connectivity index (χ2n) is 10.8. The summed E-state index contributed by atoms with van der Waals surface area (Å²) in [5.41, 5.74) is 2.00. The maximum absolute atomic E-state index is 11.8. The quantitative estimate of drug-likeness (QED) is 0.139. The van der Waals surface area contributed by atoms with Gasteiger partial charge in [0.05, 0.1) is 23.7 Å². The van der Waals surface area contributed by atoms with E-state index in [0.29, 0.717) is 22.2 Å². The number of carbonyl (C=O) groups is 1. The van der Waals surface area contributed by atoms with Gasteiger partial charge in [-0.2, -0.15) is 0 Å². The van der Waals surface area contributed by atoms with Crippen LogP contribution in [0.4, 0.5) is 0 Å². The van der Waals surface area contributed by atoms with Crippen LogP contribution in [0.3, 0.4) is 0 Å². The number of rotatable bonds is 5. The Labute approximate surface area is 251 Å². The number of aliphatic hydroxyl groups excluding tert-OH is 8. The zero-order chi connectivity index (χ0) is 31.7. The van der Waals surface area contributed by atoms with Gasteiger partial charge in [0.1, 0.15) is 61.5 Å². The molecule has 44 heavy (non-hydrogen) atoms. The predicted molar refractivity (Wildman–Crippen MR) is 153 cm³/mol. The zero-order valence-corrected chi connectivity index (χ0v) is 23.3. The maximum atomic E-state index is 11.8. The molecule has 0 radical (unpaired) electrons. The van der Waals surface area contributed by atoms with E-state index < -0.39 is 80.2 Å². The lowest BCUT2D eigenvalue weighted by Crippen LogP contribution is -2.58. The highest BCUT2D eigenvalue weighted by atomic mass is 16.5. The largest absolute Gasteiger partial charge is 0.480 e. The fourth-order valence-electron chi connectivity index (χ4n) is 5.52. The molecule has 0 amide bonds. The molecule has 234 valence electrons. The minimum atomic E-state index is -1.57. The van der Waals surface area contributed by atoms with Gasteiger partial charge >= 0.3 is 5.97 Å². The van der Waals surface area contributed by atoms with E-state index in [9.17, 15) is 50.8 Å². The fraction of sp³-hybridized carbons (Fsp3) is 0.452. The molecule has 3 aromatic rings. The summed E-state index contributed by atoms with van der Waals surface area (Å²) in [5.74, 6) is 10.1. The standard InChI is InChI=1S/C31H33NO12/c33-10-9-23-28(39)30(41)26(37)21(43-23)7-3-15-1-5-17-18-6-2-16(12-20(18)32(13-25(35)36)19(17)11-15)4-8-22-27(38)31(42)29(40)24(14-34)44-22/h1-2,5-6,11-12,21-24,26-31,33-34,37-42H,9-10,13-14H2,(H,35,36)/t21-,22-,23-,24-,26-,27-,28-,29-,30-,31-/m1/s1. The summed E-state index contributed by atoms with van der Waals surface area (Å²) in [7, 11) is 0. The van der Waals surface area contributed by atoms with Crippen LogP contribution in [-0.2, 0) is 20.8 Å². The third-order valence-electron chi connectivity index (χ3n) is 7.90. The molecular formula is C31H33NO12. The predicted octanol–water partition coefficient (Wildman–Crippen LogP) is -2.34. The van der Waals surface area contributed by atoms with Crippen molar-refractivity contribution in [1.82, 2.24) is 4.57 Å². The van der Waals surface area contributed by atoms with Crippen LogP contribution in [0.1, 0.15) is 17.5 Å². The zero-order valence-electron chi connectivity index (χ0n) is 23.3. The molecule has 13 heteroatoms. The van der Waals surface area contributed by atoms with E-state index in [0.717, 1.165) is 10.8 Å². The van der Waals surface area contributed by atoms with Crippen LogP contribution >= 0.6 is 0 Å². The summed E-state index contributed by atoms with van der Waals surface area (Å²) in [6.07, 6.45) is -13.3. The average Bonchev–Trinajstić information content (AvgIpc) is 3.30. The first-order valence-electron chi connectivity index (χ1n) is 14.0. The minimum Gasteiger partial charge on any atom is -0.480 e. The molecular weight excluding hydrogens is 578 g/mol. The molecule has 0 bridgehead atoms. The number of carboxylic acids is 1. The van der Waals surface area contributed by atoms with Gasteiger partial charge in [-0.25, -0.2) is 0 Å². The average molecular weight is 612 g/mol. The number of aliphatic carboxylic acids is 1. The van der Waals surface area contributed by atoms with Gasteiger partial charge in [-0.15, -0.1) is 0 Å². The van der Waals surface area contributed by atoms with Gasteiger partial charge in [0.2, 0.25) is 0 Å². The van der Waals surface area contributed by atoms with Crippen LogP contribution in [0.5, 0.6) is 0 Å². The topological polar surface area (TPSA) is 223 Å². The molecule has 2 aromatic carbocycles.